The summed E-state index contributed by atoms with van der Waals surface area (Å²) in [5, 5.41) is 9.89. The summed E-state index contributed by atoms with van der Waals surface area (Å²) in [4.78, 5) is 6.06. The fourth-order valence-electron chi connectivity index (χ4n) is 3.16. The first-order chi connectivity index (χ1) is 14.1. The average Bonchev–Trinajstić information content (AvgIpc) is 2.79. The Balaban J connectivity index is 1.38. The Morgan fingerprint density at radius 3 is 2.21 bits per heavy atom. The molecule has 1 saturated heterocycles. The lowest BCUT2D eigenvalue weighted by Gasteiger charge is -2.33. The lowest BCUT2D eigenvalue weighted by atomic mass is 10.2. The topological polar surface area (TPSA) is 79.3 Å². The Bertz CT molecular complexity index is 1060. The van der Waals surface area contributed by atoms with E-state index in [0.29, 0.717) is 26.2 Å². The summed E-state index contributed by atoms with van der Waals surface area (Å²) in [6.45, 7) is 1.97. The summed E-state index contributed by atoms with van der Waals surface area (Å²) >= 11 is 0. The number of rotatable bonds is 5. The van der Waals surface area contributed by atoms with E-state index >= 15 is 0 Å². The van der Waals surface area contributed by atoms with Crippen LogP contribution in [-0.2, 0) is 10.0 Å². The molecule has 0 saturated carbocycles. The van der Waals surface area contributed by atoms with Gasteiger partial charge in [0.05, 0.1) is 5.69 Å². The Kier molecular flexibility index (Phi) is 5.64. The van der Waals surface area contributed by atoms with Gasteiger partial charge in [-0.25, -0.2) is 8.42 Å². The van der Waals surface area contributed by atoms with Crippen LogP contribution in [0.5, 0.6) is 0 Å². The van der Waals surface area contributed by atoms with Crippen LogP contribution < -0.4 is 4.90 Å². The summed E-state index contributed by atoms with van der Waals surface area (Å²) in [6.07, 6.45) is 5.07. The number of anilines is 1. The Labute approximate surface area is 170 Å². The van der Waals surface area contributed by atoms with Crippen molar-refractivity contribution in [3.8, 4) is 11.3 Å². The number of benzene rings is 1. The first-order valence-corrected chi connectivity index (χ1v) is 10.8. The molecule has 1 aliphatic rings. The molecule has 148 valence electrons. The van der Waals surface area contributed by atoms with E-state index in [2.05, 4.69) is 20.1 Å². The molecular weight excluding hydrogens is 386 g/mol. The van der Waals surface area contributed by atoms with Gasteiger partial charge >= 0.3 is 0 Å². The van der Waals surface area contributed by atoms with E-state index in [-0.39, 0.29) is 0 Å². The molecule has 0 radical (unpaired) electrons. The molecular formula is C21H21N5O2S. The molecule has 1 fully saturated rings. The van der Waals surface area contributed by atoms with Crippen molar-refractivity contribution >= 4 is 21.9 Å². The fraction of sp³-hybridized carbons (Fsp3) is 0.190. The predicted molar refractivity (Wildman–Crippen MR) is 113 cm³/mol. The zero-order valence-corrected chi connectivity index (χ0v) is 16.6. The zero-order valence-electron chi connectivity index (χ0n) is 15.8. The smallest absolute Gasteiger partial charge is 0.236 e. The third-order valence-electron chi connectivity index (χ3n) is 4.78. The maximum absolute atomic E-state index is 12.6. The standard InChI is InChI=1S/C21H21N5O2S/c27-29(28,17-10-18-4-2-1-3-5-18)26-15-13-25(14-16-26)21-7-6-20(23-24-21)19-8-11-22-12-9-19/h1-12,17H,13-16H2/b17-10+. The second-order valence-electron chi connectivity index (χ2n) is 6.66. The molecule has 0 spiro atoms. The van der Waals surface area contributed by atoms with Crippen molar-refractivity contribution in [2.45, 2.75) is 0 Å². The average molecular weight is 407 g/mol. The fourth-order valence-corrected chi connectivity index (χ4v) is 4.33. The Morgan fingerprint density at radius 2 is 1.55 bits per heavy atom. The van der Waals surface area contributed by atoms with E-state index in [4.69, 9.17) is 0 Å². The van der Waals surface area contributed by atoms with Crippen LogP contribution in [0.4, 0.5) is 5.82 Å². The van der Waals surface area contributed by atoms with Crippen molar-refractivity contribution in [2.75, 3.05) is 31.1 Å². The molecule has 3 heterocycles. The first kappa shape index (κ1) is 19.2. The van der Waals surface area contributed by atoms with Crippen molar-refractivity contribution in [2.24, 2.45) is 0 Å². The Hall–Kier alpha value is -3.10. The molecule has 1 aromatic carbocycles. The van der Waals surface area contributed by atoms with Crippen LogP contribution >= 0.6 is 0 Å². The summed E-state index contributed by atoms with van der Waals surface area (Å²) in [6, 6.07) is 17.0. The maximum atomic E-state index is 12.6. The van der Waals surface area contributed by atoms with E-state index in [0.717, 1.165) is 22.6 Å². The number of sulfonamides is 1. The molecule has 0 unspecified atom stereocenters. The van der Waals surface area contributed by atoms with Gasteiger partial charge in [-0.05, 0) is 35.9 Å². The summed E-state index contributed by atoms with van der Waals surface area (Å²) in [5.74, 6) is 0.750. The minimum absolute atomic E-state index is 0.412. The van der Waals surface area contributed by atoms with E-state index in [1.54, 1.807) is 18.5 Å². The second-order valence-corrected chi connectivity index (χ2v) is 8.48. The highest BCUT2D eigenvalue weighted by Gasteiger charge is 2.25. The van der Waals surface area contributed by atoms with Gasteiger partial charge in [0, 0.05) is 49.5 Å². The van der Waals surface area contributed by atoms with Crippen molar-refractivity contribution in [1.82, 2.24) is 19.5 Å². The van der Waals surface area contributed by atoms with Gasteiger partial charge in [0.2, 0.25) is 10.0 Å². The highest BCUT2D eigenvalue weighted by molar-refractivity contribution is 7.92. The molecule has 8 heteroatoms. The van der Waals surface area contributed by atoms with E-state index in [1.807, 2.05) is 54.6 Å². The lowest BCUT2D eigenvalue weighted by Crippen LogP contribution is -2.48. The van der Waals surface area contributed by atoms with Crippen LogP contribution in [0.1, 0.15) is 5.56 Å². The summed E-state index contributed by atoms with van der Waals surface area (Å²) in [7, 11) is -3.45. The van der Waals surface area contributed by atoms with Crippen molar-refractivity contribution < 1.29 is 8.42 Å². The molecule has 29 heavy (non-hydrogen) atoms. The van der Waals surface area contributed by atoms with Gasteiger partial charge in [-0.2, -0.15) is 4.31 Å². The number of hydrogen-bond acceptors (Lipinski definition) is 6. The van der Waals surface area contributed by atoms with Crippen LogP contribution in [0.15, 0.2) is 72.4 Å². The van der Waals surface area contributed by atoms with Crippen molar-refractivity contribution in [3.63, 3.8) is 0 Å². The van der Waals surface area contributed by atoms with Crippen LogP contribution in [-0.4, -0.2) is 54.1 Å². The van der Waals surface area contributed by atoms with E-state index in [1.165, 1.54) is 9.71 Å². The third-order valence-corrected chi connectivity index (χ3v) is 6.35. The molecule has 0 bridgehead atoms. The zero-order chi connectivity index (χ0) is 20.1. The molecule has 7 nitrogen and oxygen atoms in total. The van der Waals surface area contributed by atoms with Gasteiger partial charge in [-0.1, -0.05) is 30.3 Å². The van der Waals surface area contributed by atoms with Gasteiger partial charge in [0.15, 0.2) is 5.82 Å². The molecule has 4 rings (SSSR count). The van der Waals surface area contributed by atoms with E-state index in [9.17, 15) is 8.42 Å². The lowest BCUT2D eigenvalue weighted by molar-refractivity contribution is 0.388. The van der Waals surface area contributed by atoms with Gasteiger partial charge in [0.1, 0.15) is 0 Å². The Morgan fingerprint density at radius 1 is 0.828 bits per heavy atom. The minimum atomic E-state index is -3.45. The molecule has 1 aliphatic heterocycles. The summed E-state index contributed by atoms with van der Waals surface area (Å²) < 4.78 is 26.7. The summed E-state index contributed by atoms with van der Waals surface area (Å²) in [5.41, 5.74) is 2.60. The largest absolute Gasteiger partial charge is 0.352 e. The predicted octanol–water partition coefficient (Wildman–Crippen LogP) is 2.66. The molecule has 0 N–H and O–H groups in total. The van der Waals surface area contributed by atoms with Crippen LogP contribution in [0.3, 0.4) is 0 Å². The van der Waals surface area contributed by atoms with Crippen LogP contribution in [0, 0.1) is 0 Å². The second kappa shape index (κ2) is 8.50. The van der Waals surface area contributed by atoms with Crippen molar-refractivity contribution in [1.29, 1.82) is 0 Å². The van der Waals surface area contributed by atoms with Gasteiger partial charge in [0.25, 0.3) is 0 Å². The number of hydrogen-bond donors (Lipinski definition) is 0. The normalized spacial score (nSPS) is 15.7. The van der Waals surface area contributed by atoms with Crippen LogP contribution in [0.2, 0.25) is 0 Å². The van der Waals surface area contributed by atoms with Gasteiger partial charge < -0.3 is 4.90 Å². The first-order valence-electron chi connectivity index (χ1n) is 9.34. The van der Waals surface area contributed by atoms with Gasteiger partial charge in [-0.15, -0.1) is 10.2 Å². The van der Waals surface area contributed by atoms with Crippen molar-refractivity contribution in [3.05, 3.63) is 78.0 Å². The highest BCUT2D eigenvalue weighted by Crippen LogP contribution is 2.19. The number of nitrogens with zero attached hydrogens (tertiary/aromatic N) is 5. The van der Waals surface area contributed by atoms with Gasteiger partial charge in [-0.3, -0.25) is 4.98 Å². The molecule has 0 amide bonds. The molecule has 3 aromatic rings. The SMILES string of the molecule is O=S(=O)(/C=C/c1ccccc1)N1CCN(c2ccc(-c3ccncc3)nn2)CC1. The maximum Gasteiger partial charge on any atom is 0.236 e. The minimum Gasteiger partial charge on any atom is -0.352 e. The molecule has 2 aromatic heterocycles. The van der Waals surface area contributed by atoms with E-state index < -0.39 is 10.0 Å². The monoisotopic (exact) mass is 407 g/mol. The number of aromatic nitrogens is 3. The number of pyridine rings is 1. The molecule has 0 atom stereocenters. The highest BCUT2D eigenvalue weighted by atomic mass is 32.2. The number of piperazine rings is 1. The third kappa shape index (κ3) is 4.67. The molecule has 0 aliphatic carbocycles. The quantitative estimate of drug-likeness (QED) is 0.647. The van der Waals surface area contributed by atoms with Crippen LogP contribution in [0.25, 0.3) is 17.3 Å².